The number of hydrogen-bond acceptors (Lipinski definition) is 5. The summed E-state index contributed by atoms with van der Waals surface area (Å²) in [5, 5.41) is 9.75. The van der Waals surface area contributed by atoms with E-state index in [0.717, 1.165) is 0 Å². The molecule has 1 aromatic heterocycles. The molecule has 0 aromatic carbocycles. The quantitative estimate of drug-likeness (QED) is 0.720. The fourth-order valence-corrected chi connectivity index (χ4v) is 2.49. The van der Waals surface area contributed by atoms with Gasteiger partial charge in [-0.15, -0.1) is 0 Å². The molecular weight excluding hydrogens is 214 g/mol. The zero-order chi connectivity index (χ0) is 11.0. The number of carbonyl (C=O) groups excluding carboxylic acids is 1. The number of aryl methyl sites for hydroxylation is 1. The van der Waals surface area contributed by atoms with E-state index >= 15 is 0 Å². The summed E-state index contributed by atoms with van der Waals surface area (Å²) in [6, 6.07) is 0. The molecule has 3 N–H and O–H groups in total. The van der Waals surface area contributed by atoms with Crippen LogP contribution in [0.3, 0.4) is 0 Å². The van der Waals surface area contributed by atoms with E-state index in [4.69, 9.17) is 5.73 Å². The van der Waals surface area contributed by atoms with Crippen LogP contribution in [-0.2, 0) is 0 Å². The largest absolute Gasteiger partial charge is 0.391 e. The van der Waals surface area contributed by atoms with Crippen molar-refractivity contribution in [3.8, 4) is 0 Å². The molecule has 0 radical (unpaired) electrons. The van der Waals surface area contributed by atoms with E-state index in [0.29, 0.717) is 35.2 Å². The lowest BCUT2D eigenvalue weighted by atomic mass is 10.3. The number of thiazole rings is 1. The van der Waals surface area contributed by atoms with Crippen molar-refractivity contribution in [2.45, 2.75) is 19.4 Å². The Labute approximate surface area is 91.5 Å². The molecule has 1 aliphatic heterocycles. The third-order valence-electron chi connectivity index (χ3n) is 2.46. The van der Waals surface area contributed by atoms with Gasteiger partial charge in [0.25, 0.3) is 5.91 Å². The van der Waals surface area contributed by atoms with E-state index < -0.39 is 0 Å². The van der Waals surface area contributed by atoms with Gasteiger partial charge in [-0.2, -0.15) is 0 Å². The normalized spacial score (nSPS) is 20.9. The topological polar surface area (TPSA) is 79.5 Å². The van der Waals surface area contributed by atoms with Crippen LogP contribution in [0.1, 0.15) is 21.8 Å². The van der Waals surface area contributed by atoms with Gasteiger partial charge >= 0.3 is 0 Å². The molecule has 2 heterocycles. The van der Waals surface area contributed by atoms with E-state index in [1.54, 1.807) is 11.8 Å². The predicted molar refractivity (Wildman–Crippen MR) is 57.8 cm³/mol. The molecule has 0 bridgehead atoms. The third kappa shape index (κ3) is 1.95. The van der Waals surface area contributed by atoms with Crippen molar-refractivity contribution in [2.24, 2.45) is 0 Å². The fraction of sp³-hybridized carbons (Fsp3) is 0.556. The number of aliphatic hydroxyl groups excluding tert-OH is 1. The molecule has 0 unspecified atom stereocenters. The maximum atomic E-state index is 12.0. The summed E-state index contributed by atoms with van der Waals surface area (Å²) in [6.45, 7) is 2.79. The Bertz CT molecular complexity index is 391. The van der Waals surface area contributed by atoms with Crippen LogP contribution in [0.15, 0.2) is 0 Å². The maximum Gasteiger partial charge on any atom is 0.266 e. The van der Waals surface area contributed by atoms with Crippen molar-refractivity contribution in [3.63, 3.8) is 0 Å². The Morgan fingerprint density at radius 1 is 1.73 bits per heavy atom. The van der Waals surface area contributed by atoms with Crippen LogP contribution < -0.4 is 5.73 Å². The summed E-state index contributed by atoms with van der Waals surface area (Å²) >= 11 is 1.20. The van der Waals surface area contributed by atoms with Gasteiger partial charge in [-0.1, -0.05) is 11.3 Å². The molecule has 0 spiro atoms. The SMILES string of the molecule is Cc1nc(N)sc1C(=O)N1CC[C@@H](O)C1. The van der Waals surface area contributed by atoms with Crippen molar-refractivity contribution in [3.05, 3.63) is 10.6 Å². The first-order valence-corrected chi connectivity index (χ1v) is 5.60. The number of likely N-dealkylation sites (tertiary alicyclic amines) is 1. The number of aliphatic hydroxyl groups is 1. The molecule has 82 valence electrons. The van der Waals surface area contributed by atoms with Gasteiger partial charge in [0.05, 0.1) is 11.8 Å². The Balaban J connectivity index is 2.17. The monoisotopic (exact) mass is 227 g/mol. The number of aromatic nitrogens is 1. The number of rotatable bonds is 1. The van der Waals surface area contributed by atoms with Gasteiger partial charge in [0, 0.05) is 13.1 Å². The molecule has 1 aliphatic rings. The van der Waals surface area contributed by atoms with Gasteiger partial charge in [-0.3, -0.25) is 4.79 Å². The molecule has 15 heavy (non-hydrogen) atoms. The summed E-state index contributed by atoms with van der Waals surface area (Å²) in [5.74, 6) is -0.0711. The predicted octanol–water partition coefficient (Wildman–Crippen LogP) is 0.241. The molecule has 1 fully saturated rings. The van der Waals surface area contributed by atoms with E-state index in [-0.39, 0.29) is 12.0 Å². The second kappa shape index (κ2) is 3.79. The lowest BCUT2D eigenvalue weighted by molar-refractivity contribution is 0.0769. The molecule has 0 aliphatic carbocycles. The molecular formula is C9H13N3O2S. The zero-order valence-corrected chi connectivity index (χ0v) is 9.25. The summed E-state index contributed by atoms with van der Waals surface area (Å²) in [4.78, 5) is 18.2. The summed E-state index contributed by atoms with van der Waals surface area (Å²) in [7, 11) is 0. The van der Waals surface area contributed by atoms with Gasteiger partial charge in [-0.05, 0) is 13.3 Å². The highest BCUT2D eigenvalue weighted by molar-refractivity contribution is 7.17. The smallest absolute Gasteiger partial charge is 0.266 e. The summed E-state index contributed by atoms with van der Waals surface area (Å²) in [5.41, 5.74) is 6.20. The second-order valence-corrected chi connectivity index (χ2v) is 4.69. The molecule has 6 heteroatoms. The Morgan fingerprint density at radius 3 is 2.93 bits per heavy atom. The van der Waals surface area contributed by atoms with Crippen molar-refractivity contribution < 1.29 is 9.90 Å². The Hall–Kier alpha value is -1.14. The molecule has 1 aromatic rings. The summed E-state index contributed by atoms with van der Waals surface area (Å²) in [6.07, 6.45) is 0.263. The molecule has 0 saturated carbocycles. The minimum absolute atomic E-state index is 0.0711. The average Bonchev–Trinajstić information content (AvgIpc) is 2.71. The van der Waals surface area contributed by atoms with Crippen LogP contribution in [0.25, 0.3) is 0 Å². The van der Waals surface area contributed by atoms with E-state index in [2.05, 4.69) is 4.98 Å². The zero-order valence-electron chi connectivity index (χ0n) is 8.43. The van der Waals surface area contributed by atoms with Crippen molar-refractivity contribution in [1.82, 2.24) is 9.88 Å². The minimum atomic E-state index is -0.389. The van der Waals surface area contributed by atoms with Gasteiger partial charge < -0.3 is 15.7 Å². The summed E-state index contributed by atoms with van der Waals surface area (Å²) < 4.78 is 0. The van der Waals surface area contributed by atoms with Crippen molar-refractivity contribution in [2.75, 3.05) is 18.8 Å². The van der Waals surface area contributed by atoms with Gasteiger partial charge in [0.1, 0.15) is 4.88 Å². The minimum Gasteiger partial charge on any atom is -0.391 e. The van der Waals surface area contributed by atoms with Gasteiger partial charge in [-0.25, -0.2) is 4.98 Å². The van der Waals surface area contributed by atoms with Crippen LogP contribution in [0.5, 0.6) is 0 Å². The number of carbonyl (C=O) groups is 1. The van der Waals surface area contributed by atoms with Crippen molar-refractivity contribution >= 4 is 22.4 Å². The first-order valence-electron chi connectivity index (χ1n) is 4.78. The van der Waals surface area contributed by atoms with E-state index in [1.165, 1.54) is 11.3 Å². The third-order valence-corrected chi connectivity index (χ3v) is 3.43. The average molecular weight is 227 g/mol. The second-order valence-electron chi connectivity index (χ2n) is 3.66. The first kappa shape index (κ1) is 10.4. The number of β-amino-alcohol motifs (C(OH)–C–C–N with tert-alkyl or cyclic N) is 1. The number of nitrogens with zero attached hydrogens (tertiary/aromatic N) is 2. The van der Waals surface area contributed by atoms with Crippen LogP contribution in [0.4, 0.5) is 5.13 Å². The number of amides is 1. The number of anilines is 1. The fourth-order valence-electron chi connectivity index (χ4n) is 1.69. The number of nitrogen functional groups attached to an aromatic ring is 1. The molecule has 2 rings (SSSR count). The van der Waals surface area contributed by atoms with Gasteiger partial charge in [0.2, 0.25) is 0 Å². The molecule has 1 saturated heterocycles. The lowest BCUT2D eigenvalue weighted by Gasteiger charge is -2.14. The number of hydrogen-bond donors (Lipinski definition) is 2. The van der Waals surface area contributed by atoms with Crippen LogP contribution in [0, 0.1) is 6.92 Å². The van der Waals surface area contributed by atoms with Crippen LogP contribution in [0.2, 0.25) is 0 Å². The van der Waals surface area contributed by atoms with E-state index in [1.807, 2.05) is 0 Å². The molecule has 5 nitrogen and oxygen atoms in total. The first-order chi connectivity index (χ1) is 7.08. The molecule has 1 amide bonds. The maximum absolute atomic E-state index is 12.0. The standard InChI is InChI=1S/C9H13N3O2S/c1-5-7(15-9(10)11-5)8(14)12-3-2-6(13)4-12/h6,13H,2-4H2,1H3,(H2,10,11)/t6-/m1/s1. The van der Waals surface area contributed by atoms with Crippen LogP contribution in [-0.4, -0.2) is 40.1 Å². The highest BCUT2D eigenvalue weighted by Gasteiger charge is 2.27. The lowest BCUT2D eigenvalue weighted by Crippen LogP contribution is -2.29. The number of nitrogens with two attached hydrogens (primary N) is 1. The van der Waals surface area contributed by atoms with Crippen LogP contribution >= 0.6 is 11.3 Å². The molecule has 1 atom stereocenters. The van der Waals surface area contributed by atoms with Gasteiger partial charge in [0.15, 0.2) is 5.13 Å². The Kier molecular flexibility index (Phi) is 2.62. The highest BCUT2D eigenvalue weighted by atomic mass is 32.1. The Morgan fingerprint density at radius 2 is 2.47 bits per heavy atom. The van der Waals surface area contributed by atoms with Crippen molar-refractivity contribution in [1.29, 1.82) is 0 Å². The van der Waals surface area contributed by atoms with E-state index in [9.17, 15) is 9.90 Å². The highest BCUT2D eigenvalue weighted by Crippen LogP contribution is 2.23.